The molecule has 2 atom stereocenters. The molecule has 5 nitrogen and oxygen atoms in total. The van der Waals surface area contributed by atoms with E-state index in [9.17, 15) is 9.59 Å². The number of benzene rings is 1. The second-order valence-electron chi connectivity index (χ2n) is 5.61. The molecule has 0 aromatic heterocycles. The highest BCUT2D eigenvalue weighted by Gasteiger charge is 2.22. The van der Waals surface area contributed by atoms with Gasteiger partial charge in [-0.3, -0.25) is 4.79 Å². The van der Waals surface area contributed by atoms with Crippen molar-refractivity contribution in [2.45, 2.75) is 38.6 Å². The number of amides is 3. The molecule has 1 fully saturated rings. The van der Waals surface area contributed by atoms with Crippen molar-refractivity contribution in [3.63, 3.8) is 0 Å². The van der Waals surface area contributed by atoms with E-state index in [-0.39, 0.29) is 24.5 Å². The van der Waals surface area contributed by atoms with Crippen molar-refractivity contribution >= 4 is 17.6 Å². The topological polar surface area (TPSA) is 70.2 Å². The molecular weight excluding hydrogens is 266 g/mol. The van der Waals surface area contributed by atoms with E-state index in [2.05, 4.69) is 22.9 Å². The number of carbonyl (C=O) groups excluding carboxylic acids is 2. The third-order valence-electron chi connectivity index (χ3n) is 3.90. The van der Waals surface area contributed by atoms with Crippen molar-refractivity contribution in [3.05, 3.63) is 30.3 Å². The molecule has 1 aliphatic rings. The van der Waals surface area contributed by atoms with Gasteiger partial charge < -0.3 is 16.0 Å². The quantitative estimate of drug-likeness (QED) is 0.797. The first kappa shape index (κ1) is 15.4. The van der Waals surface area contributed by atoms with Gasteiger partial charge in [-0.15, -0.1) is 0 Å². The van der Waals surface area contributed by atoms with Crippen molar-refractivity contribution in [1.82, 2.24) is 10.6 Å². The third-order valence-corrected chi connectivity index (χ3v) is 3.90. The highest BCUT2D eigenvalue weighted by molar-refractivity contribution is 5.92. The zero-order valence-electron chi connectivity index (χ0n) is 12.4. The lowest BCUT2D eigenvalue weighted by Crippen LogP contribution is -2.46. The second-order valence-corrected chi connectivity index (χ2v) is 5.61. The van der Waals surface area contributed by atoms with E-state index in [1.54, 1.807) is 12.1 Å². The van der Waals surface area contributed by atoms with E-state index in [1.807, 2.05) is 18.2 Å². The highest BCUT2D eigenvalue weighted by atomic mass is 16.2. The SMILES string of the molecule is CC1CCCCC1NC(=O)CNC(=O)Nc1ccccc1. The van der Waals surface area contributed by atoms with Crippen molar-refractivity contribution in [1.29, 1.82) is 0 Å². The minimum atomic E-state index is -0.368. The van der Waals surface area contributed by atoms with Crippen molar-refractivity contribution in [3.8, 4) is 0 Å². The lowest BCUT2D eigenvalue weighted by Gasteiger charge is -2.29. The Labute approximate surface area is 125 Å². The maximum Gasteiger partial charge on any atom is 0.319 e. The number of nitrogens with one attached hydrogen (secondary N) is 3. The number of carbonyl (C=O) groups is 2. The van der Waals surface area contributed by atoms with E-state index in [0.29, 0.717) is 11.6 Å². The maximum absolute atomic E-state index is 11.9. The molecule has 21 heavy (non-hydrogen) atoms. The van der Waals surface area contributed by atoms with Crippen LogP contribution in [0.2, 0.25) is 0 Å². The summed E-state index contributed by atoms with van der Waals surface area (Å²) in [6.07, 6.45) is 4.60. The van der Waals surface area contributed by atoms with Gasteiger partial charge in [-0.1, -0.05) is 38.0 Å². The summed E-state index contributed by atoms with van der Waals surface area (Å²) < 4.78 is 0. The van der Waals surface area contributed by atoms with Gasteiger partial charge in [-0.05, 0) is 30.9 Å². The average molecular weight is 289 g/mol. The Kier molecular flexibility index (Phi) is 5.60. The lowest BCUT2D eigenvalue weighted by atomic mass is 9.86. The van der Waals surface area contributed by atoms with Crippen molar-refractivity contribution < 1.29 is 9.59 Å². The van der Waals surface area contributed by atoms with Crippen LogP contribution in [0.25, 0.3) is 0 Å². The molecule has 1 aromatic rings. The number of rotatable bonds is 4. The monoisotopic (exact) mass is 289 g/mol. The van der Waals surface area contributed by atoms with Gasteiger partial charge in [0.25, 0.3) is 0 Å². The molecule has 1 aliphatic carbocycles. The maximum atomic E-state index is 11.9. The highest BCUT2D eigenvalue weighted by Crippen LogP contribution is 2.23. The number of hydrogen-bond donors (Lipinski definition) is 3. The van der Waals surface area contributed by atoms with Crippen LogP contribution >= 0.6 is 0 Å². The molecule has 1 aromatic carbocycles. The predicted octanol–water partition coefficient (Wildman–Crippen LogP) is 2.50. The standard InChI is InChI=1S/C16H23N3O2/c1-12-7-5-6-10-14(12)19-15(20)11-17-16(21)18-13-8-3-2-4-9-13/h2-4,8-9,12,14H,5-7,10-11H2,1H3,(H,19,20)(H2,17,18,21). The second kappa shape index (κ2) is 7.67. The summed E-state index contributed by atoms with van der Waals surface area (Å²) in [4.78, 5) is 23.5. The molecule has 3 amide bonds. The van der Waals surface area contributed by atoms with Crippen LogP contribution in [-0.2, 0) is 4.79 Å². The largest absolute Gasteiger partial charge is 0.352 e. The Morgan fingerprint density at radius 1 is 1.14 bits per heavy atom. The Morgan fingerprint density at radius 3 is 2.57 bits per heavy atom. The summed E-state index contributed by atoms with van der Waals surface area (Å²) in [7, 11) is 0. The van der Waals surface area contributed by atoms with Gasteiger partial charge in [0, 0.05) is 11.7 Å². The smallest absolute Gasteiger partial charge is 0.319 e. The van der Waals surface area contributed by atoms with Crippen LogP contribution in [0.4, 0.5) is 10.5 Å². The van der Waals surface area contributed by atoms with E-state index < -0.39 is 0 Å². The number of urea groups is 1. The van der Waals surface area contributed by atoms with E-state index in [1.165, 1.54) is 6.42 Å². The van der Waals surface area contributed by atoms with Gasteiger partial charge >= 0.3 is 6.03 Å². The molecule has 0 heterocycles. The molecular formula is C16H23N3O2. The Bertz CT molecular complexity index is 476. The van der Waals surface area contributed by atoms with Gasteiger partial charge in [-0.25, -0.2) is 4.79 Å². The third kappa shape index (κ3) is 5.10. The first-order valence-corrected chi connectivity index (χ1v) is 7.54. The molecule has 0 radical (unpaired) electrons. The Hall–Kier alpha value is -2.04. The van der Waals surface area contributed by atoms with Gasteiger partial charge in [0.2, 0.25) is 5.91 Å². The minimum Gasteiger partial charge on any atom is -0.352 e. The summed E-state index contributed by atoms with van der Waals surface area (Å²) in [5.41, 5.74) is 0.705. The van der Waals surface area contributed by atoms with Gasteiger partial charge in [0.05, 0.1) is 6.54 Å². The minimum absolute atomic E-state index is 0.00187. The molecule has 1 saturated carbocycles. The summed E-state index contributed by atoms with van der Waals surface area (Å²) in [6, 6.07) is 9.02. The van der Waals surface area contributed by atoms with E-state index >= 15 is 0 Å². The van der Waals surface area contributed by atoms with E-state index in [4.69, 9.17) is 0 Å². The first-order valence-electron chi connectivity index (χ1n) is 7.54. The van der Waals surface area contributed by atoms with Crippen LogP contribution in [0.15, 0.2) is 30.3 Å². The predicted molar refractivity (Wildman–Crippen MR) is 83.0 cm³/mol. The van der Waals surface area contributed by atoms with Crippen molar-refractivity contribution in [2.24, 2.45) is 5.92 Å². The van der Waals surface area contributed by atoms with Crippen LogP contribution in [0.5, 0.6) is 0 Å². The molecule has 0 spiro atoms. The zero-order valence-corrected chi connectivity index (χ0v) is 12.4. The van der Waals surface area contributed by atoms with E-state index in [0.717, 1.165) is 19.3 Å². The van der Waals surface area contributed by atoms with Crippen LogP contribution in [-0.4, -0.2) is 24.5 Å². The fourth-order valence-corrected chi connectivity index (χ4v) is 2.65. The molecule has 2 unspecified atom stereocenters. The molecule has 5 heteroatoms. The van der Waals surface area contributed by atoms with Crippen LogP contribution < -0.4 is 16.0 Å². The van der Waals surface area contributed by atoms with Crippen LogP contribution in [0.3, 0.4) is 0 Å². The molecule has 0 bridgehead atoms. The zero-order chi connectivity index (χ0) is 15.1. The Balaban J connectivity index is 1.69. The summed E-state index contributed by atoms with van der Waals surface area (Å²) in [5, 5.41) is 8.26. The fraction of sp³-hybridized carbons (Fsp3) is 0.500. The fourth-order valence-electron chi connectivity index (χ4n) is 2.65. The number of anilines is 1. The first-order chi connectivity index (χ1) is 10.1. The van der Waals surface area contributed by atoms with Gasteiger partial charge in [0.1, 0.15) is 0 Å². The average Bonchev–Trinajstić information content (AvgIpc) is 2.49. The van der Waals surface area contributed by atoms with Crippen molar-refractivity contribution in [2.75, 3.05) is 11.9 Å². The molecule has 0 aliphatic heterocycles. The van der Waals surface area contributed by atoms with Gasteiger partial charge in [-0.2, -0.15) is 0 Å². The molecule has 2 rings (SSSR count). The number of para-hydroxylation sites is 1. The van der Waals surface area contributed by atoms with Gasteiger partial charge in [0.15, 0.2) is 0 Å². The summed E-state index contributed by atoms with van der Waals surface area (Å²) >= 11 is 0. The molecule has 3 N–H and O–H groups in total. The Morgan fingerprint density at radius 2 is 1.86 bits per heavy atom. The van der Waals surface area contributed by atoms with Crippen LogP contribution in [0, 0.1) is 5.92 Å². The molecule has 0 saturated heterocycles. The number of hydrogen-bond acceptors (Lipinski definition) is 2. The normalized spacial score (nSPS) is 21.4. The lowest BCUT2D eigenvalue weighted by molar-refractivity contribution is -0.121. The van der Waals surface area contributed by atoms with Crippen LogP contribution in [0.1, 0.15) is 32.6 Å². The molecule has 114 valence electrons. The summed E-state index contributed by atoms with van der Waals surface area (Å²) in [5.74, 6) is 0.387. The summed E-state index contributed by atoms with van der Waals surface area (Å²) in [6.45, 7) is 2.17.